The summed E-state index contributed by atoms with van der Waals surface area (Å²) in [5.41, 5.74) is 0. The molecule has 18 heavy (non-hydrogen) atoms. The lowest BCUT2D eigenvalue weighted by molar-refractivity contribution is -0.137. The van der Waals surface area contributed by atoms with Crippen LogP contribution in [0.1, 0.15) is 25.7 Å². The summed E-state index contributed by atoms with van der Waals surface area (Å²) >= 11 is 0. The minimum atomic E-state index is -0.443. The Hall–Kier alpha value is -1.12. The van der Waals surface area contributed by atoms with E-state index in [2.05, 4.69) is 11.4 Å². The van der Waals surface area contributed by atoms with Crippen molar-refractivity contribution < 1.29 is 9.53 Å². The first kappa shape index (κ1) is 13.3. The molecule has 1 unspecified atom stereocenters. The Kier molecular flexibility index (Phi) is 4.97. The Labute approximate surface area is 108 Å². The Morgan fingerprint density at radius 3 is 2.94 bits per heavy atom. The van der Waals surface area contributed by atoms with Gasteiger partial charge in [-0.2, -0.15) is 5.26 Å². The summed E-state index contributed by atoms with van der Waals surface area (Å²) in [6.07, 6.45) is 3.51. The molecule has 2 fully saturated rings. The lowest BCUT2D eigenvalue weighted by Crippen LogP contribution is -2.45. The standard InChI is InChI=1S/C13H21N3O2/c14-9-12-10-16(7-8-18-12)13(17)2-1-11-3-5-15-6-4-11/h11-12,15H,1-8,10H2. The quantitative estimate of drug-likeness (QED) is 0.794. The van der Waals surface area contributed by atoms with Gasteiger partial charge in [-0.1, -0.05) is 0 Å². The van der Waals surface area contributed by atoms with Gasteiger partial charge in [-0.25, -0.2) is 0 Å². The third-order valence-corrected chi connectivity index (χ3v) is 3.79. The van der Waals surface area contributed by atoms with E-state index in [4.69, 9.17) is 10.00 Å². The van der Waals surface area contributed by atoms with Gasteiger partial charge in [0.2, 0.25) is 5.91 Å². The lowest BCUT2D eigenvalue weighted by Gasteiger charge is -2.30. The number of carbonyl (C=O) groups is 1. The molecule has 0 aromatic rings. The second-order valence-electron chi connectivity index (χ2n) is 5.06. The van der Waals surface area contributed by atoms with Crippen LogP contribution in [0, 0.1) is 17.2 Å². The molecule has 1 N–H and O–H groups in total. The van der Waals surface area contributed by atoms with Gasteiger partial charge in [0.25, 0.3) is 0 Å². The molecule has 0 aromatic heterocycles. The number of hydrogen-bond acceptors (Lipinski definition) is 4. The Morgan fingerprint density at radius 1 is 1.44 bits per heavy atom. The van der Waals surface area contributed by atoms with Gasteiger partial charge >= 0.3 is 0 Å². The van der Waals surface area contributed by atoms with Crippen molar-refractivity contribution in [3.05, 3.63) is 0 Å². The van der Waals surface area contributed by atoms with E-state index in [-0.39, 0.29) is 5.91 Å². The van der Waals surface area contributed by atoms with Crippen molar-refractivity contribution in [2.75, 3.05) is 32.8 Å². The number of hydrogen-bond donors (Lipinski definition) is 1. The van der Waals surface area contributed by atoms with E-state index in [1.54, 1.807) is 4.90 Å². The summed E-state index contributed by atoms with van der Waals surface area (Å²) in [5, 5.41) is 12.1. The molecule has 5 nitrogen and oxygen atoms in total. The molecule has 0 aromatic carbocycles. The van der Waals surface area contributed by atoms with E-state index in [9.17, 15) is 4.79 Å². The molecule has 2 heterocycles. The average Bonchev–Trinajstić information content (AvgIpc) is 2.46. The van der Waals surface area contributed by atoms with Crippen molar-refractivity contribution in [1.29, 1.82) is 5.26 Å². The molecule has 2 aliphatic rings. The molecule has 1 amide bonds. The fourth-order valence-electron chi connectivity index (χ4n) is 2.61. The summed E-state index contributed by atoms with van der Waals surface area (Å²) in [4.78, 5) is 13.8. The van der Waals surface area contributed by atoms with Crippen LogP contribution in [0.3, 0.4) is 0 Å². The molecule has 100 valence electrons. The SMILES string of the molecule is N#CC1CN(C(=O)CCC2CCNCC2)CCO1. The van der Waals surface area contributed by atoms with Crippen molar-refractivity contribution in [3.63, 3.8) is 0 Å². The van der Waals surface area contributed by atoms with E-state index >= 15 is 0 Å². The highest BCUT2D eigenvalue weighted by atomic mass is 16.5. The maximum absolute atomic E-state index is 12.0. The van der Waals surface area contributed by atoms with Crippen LogP contribution in [0.4, 0.5) is 0 Å². The van der Waals surface area contributed by atoms with Crippen molar-refractivity contribution in [2.45, 2.75) is 31.8 Å². The topological polar surface area (TPSA) is 65.4 Å². The molecule has 5 heteroatoms. The number of ether oxygens (including phenoxy) is 1. The first-order chi connectivity index (χ1) is 8.79. The number of nitrogens with one attached hydrogen (secondary N) is 1. The molecule has 2 saturated heterocycles. The second kappa shape index (κ2) is 6.72. The van der Waals surface area contributed by atoms with Gasteiger partial charge in [-0.3, -0.25) is 4.79 Å². The fraction of sp³-hybridized carbons (Fsp3) is 0.846. The predicted octanol–water partition coefficient (Wildman–Crippen LogP) is 0.517. The van der Waals surface area contributed by atoms with Crippen LogP contribution in [0.15, 0.2) is 0 Å². The highest BCUT2D eigenvalue weighted by Gasteiger charge is 2.24. The highest BCUT2D eigenvalue weighted by Crippen LogP contribution is 2.18. The van der Waals surface area contributed by atoms with E-state index in [0.717, 1.165) is 19.5 Å². The summed E-state index contributed by atoms with van der Waals surface area (Å²) in [5.74, 6) is 0.861. The van der Waals surface area contributed by atoms with Gasteiger partial charge in [0.1, 0.15) is 0 Å². The summed E-state index contributed by atoms with van der Waals surface area (Å²) in [6.45, 7) is 3.70. The molecular formula is C13H21N3O2. The number of amides is 1. The van der Waals surface area contributed by atoms with Crippen LogP contribution in [-0.4, -0.2) is 49.7 Å². The number of morpholine rings is 1. The van der Waals surface area contributed by atoms with E-state index in [1.165, 1.54) is 12.8 Å². The van der Waals surface area contributed by atoms with Gasteiger partial charge in [0.05, 0.1) is 19.2 Å². The Bertz CT molecular complexity index is 321. The van der Waals surface area contributed by atoms with E-state index in [1.807, 2.05) is 0 Å². The molecule has 0 aliphatic carbocycles. The fourth-order valence-corrected chi connectivity index (χ4v) is 2.61. The molecule has 2 rings (SSSR count). The summed E-state index contributed by atoms with van der Waals surface area (Å²) in [6, 6.07) is 2.07. The zero-order valence-corrected chi connectivity index (χ0v) is 10.7. The Morgan fingerprint density at radius 2 is 2.22 bits per heavy atom. The van der Waals surface area contributed by atoms with Gasteiger partial charge in [0, 0.05) is 13.0 Å². The molecular weight excluding hydrogens is 230 g/mol. The zero-order valence-electron chi connectivity index (χ0n) is 10.7. The second-order valence-corrected chi connectivity index (χ2v) is 5.06. The van der Waals surface area contributed by atoms with Crippen LogP contribution in [0.25, 0.3) is 0 Å². The monoisotopic (exact) mass is 251 g/mol. The number of carbonyl (C=O) groups excluding carboxylic acids is 1. The minimum absolute atomic E-state index is 0.178. The summed E-state index contributed by atoms with van der Waals surface area (Å²) < 4.78 is 5.24. The first-order valence-electron chi connectivity index (χ1n) is 6.79. The average molecular weight is 251 g/mol. The van der Waals surface area contributed by atoms with Gasteiger partial charge < -0.3 is 15.0 Å². The van der Waals surface area contributed by atoms with Crippen molar-refractivity contribution >= 4 is 5.91 Å². The summed E-state index contributed by atoms with van der Waals surface area (Å²) in [7, 11) is 0. The highest BCUT2D eigenvalue weighted by molar-refractivity contribution is 5.76. The maximum atomic E-state index is 12.0. The van der Waals surface area contributed by atoms with Crippen LogP contribution in [0.2, 0.25) is 0 Å². The normalized spacial score (nSPS) is 25.7. The largest absolute Gasteiger partial charge is 0.360 e. The van der Waals surface area contributed by atoms with Crippen molar-refractivity contribution in [3.8, 4) is 6.07 Å². The molecule has 1 atom stereocenters. The van der Waals surface area contributed by atoms with Crippen LogP contribution in [-0.2, 0) is 9.53 Å². The van der Waals surface area contributed by atoms with Crippen molar-refractivity contribution in [1.82, 2.24) is 10.2 Å². The Balaban J connectivity index is 1.72. The number of nitriles is 1. The molecule has 0 bridgehead atoms. The first-order valence-corrected chi connectivity index (χ1v) is 6.79. The minimum Gasteiger partial charge on any atom is -0.360 e. The smallest absolute Gasteiger partial charge is 0.222 e. The van der Waals surface area contributed by atoms with Crippen LogP contribution < -0.4 is 5.32 Å². The van der Waals surface area contributed by atoms with Crippen LogP contribution in [0.5, 0.6) is 0 Å². The van der Waals surface area contributed by atoms with E-state index in [0.29, 0.717) is 32.0 Å². The number of piperidine rings is 1. The zero-order chi connectivity index (χ0) is 12.8. The molecule has 0 radical (unpaired) electrons. The third-order valence-electron chi connectivity index (χ3n) is 3.79. The van der Waals surface area contributed by atoms with E-state index < -0.39 is 6.10 Å². The van der Waals surface area contributed by atoms with Crippen molar-refractivity contribution in [2.24, 2.45) is 5.92 Å². The number of nitrogens with zero attached hydrogens (tertiary/aromatic N) is 2. The molecule has 2 aliphatic heterocycles. The number of rotatable bonds is 3. The molecule has 0 saturated carbocycles. The molecule has 0 spiro atoms. The third kappa shape index (κ3) is 3.69. The van der Waals surface area contributed by atoms with Crippen LogP contribution >= 0.6 is 0 Å². The van der Waals surface area contributed by atoms with Gasteiger partial charge in [0.15, 0.2) is 6.10 Å². The van der Waals surface area contributed by atoms with Gasteiger partial charge in [-0.15, -0.1) is 0 Å². The predicted molar refractivity (Wildman–Crippen MR) is 66.8 cm³/mol. The van der Waals surface area contributed by atoms with Gasteiger partial charge in [-0.05, 0) is 38.3 Å². The maximum Gasteiger partial charge on any atom is 0.222 e. The lowest BCUT2D eigenvalue weighted by atomic mass is 9.93.